The van der Waals surface area contributed by atoms with Crippen LogP contribution in [0.4, 0.5) is 0 Å². The Morgan fingerprint density at radius 2 is 1.77 bits per heavy atom. The molecule has 0 aromatic heterocycles. The van der Waals surface area contributed by atoms with Crippen molar-refractivity contribution in [3.63, 3.8) is 0 Å². The maximum Gasteiger partial charge on any atom is 0.355 e. The zero-order valence-electron chi connectivity index (χ0n) is 14.6. The van der Waals surface area contributed by atoms with Crippen LogP contribution in [-0.4, -0.2) is 40.3 Å². The maximum absolute atomic E-state index is 11.8. The van der Waals surface area contributed by atoms with Crippen molar-refractivity contribution in [1.82, 2.24) is 10.6 Å². The van der Waals surface area contributed by atoms with Crippen LogP contribution < -0.4 is 16.4 Å². The van der Waals surface area contributed by atoms with Crippen LogP contribution in [0.3, 0.4) is 0 Å². The maximum atomic E-state index is 11.8. The van der Waals surface area contributed by atoms with Gasteiger partial charge < -0.3 is 31.3 Å². The third kappa shape index (κ3) is 7.22. The number of nitrogens with two attached hydrogens (primary N) is 1. The van der Waals surface area contributed by atoms with E-state index in [4.69, 9.17) is 15.6 Å². The number of carbonyl (C=O) groups excluding carboxylic acids is 1. The van der Waals surface area contributed by atoms with Crippen LogP contribution >= 0.6 is 0 Å². The summed E-state index contributed by atoms with van der Waals surface area (Å²) in [6, 6.07) is 7.99. The summed E-state index contributed by atoms with van der Waals surface area (Å²) in [4.78, 5) is 33.8. The van der Waals surface area contributed by atoms with Crippen LogP contribution in [0.15, 0.2) is 41.8 Å². The number of nitrogens with one attached hydrogen (secondary N) is 2. The molecule has 1 rings (SSSR count). The number of rotatable bonds is 10. The fourth-order valence-electron chi connectivity index (χ4n) is 2.01. The van der Waals surface area contributed by atoms with E-state index in [2.05, 4.69) is 10.6 Å². The second-order valence-corrected chi connectivity index (χ2v) is 5.59. The Hall–Kier alpha value is -3.07. The molecule has 9 heteroatoms. The Balaban J connectivity index is 2.69. The van der Waals surface area contributed by atoms with Crippen LogP contribution in [0, 0.1) is 0 Å². The molecule has 0 aliphatic carbocycles. The molecule has 6 N–H and O–H groups in total. The second-order valence-electron chi connectivity index (χ2n) is 5.59. The minimum absolute atomic E-state index is 0.136. The molecular formula is C17H23N3O6. The van der Waals surface area contributed by atoms with Crippen LogP contribution in [0.5, 0.6) is 0 Å². The minimum Gasteiger partial charge on any atom is -0.491 e. The minimum atomic E-state index is -1.26. The summed E-state index contributed by atoms with van der Waals surface area (Å²) >= 11 is 0. The van der Waals surface area contributed by atoms with Gasteiger partial charge in [0.25, 0.3) is 0 Å². The molecule has 1 aromatic rings. The molecule has 0 aliphatic rings. The topological polar surface area (TPSA) is 151 Å². The number of hydrogen-bond acceptors (Lipinski definition) is 6. The largest absolute Gasteiger partial charge is 0.491 e. The standard InChI is InChI=1S/C17H23N3O6/c1-10(26-9-12-6-4-3-5-7-12)15(17(24)25)19-11(2)20-16(23)13(18)8-14(21)22/h3-7,11,13,19H,8-9,18H2,1-2H3,(H,20,23)(H,21,22)(H,24,25)/t11?,13-/m0/s1. The highest BCUT2D eigenvalue weighted by molar-refractivity contribution is 5.87. The third-order valence-electron chi connectivity index (χ3n) is 3.32. The highest BCUT2D eigenvalue weighted by Gasteiger charge is 2.21. The van der Waals surface area contributed by atoms with Crippen LogP contribution in [0.2, 0.25) is 0 Å². The molecule has 0 aliphatic heterocycles. The Labute approximate surface area is 150 Å². The van der Waals surface area contributed by atoms with E-state index in [1.54, 1.807) is 0 Å². The van der Waals surface area contributed by atoms with Gasteiger partial charge in [-0.2, -0.15) is 0 Å². The van der Waals surface area contributed by atoms with E-state index in [1.165, 1.54) is 13.8 Å². The first-order chi connectivity index (χ1) is 12.2. The molecule has 9 nitrogen and oxygen atoms in total. The van der Waals surface area contributed by atoms with Crippen LogP contribution in [0.1, 0.15) is 25.8 Å². The molecule has 0 saturated carbocycles. The average molecular weight is 365 g/mol. The molecule has 0 heterocycles. The second kappa shape index (κ2) is 10.0. The Kier molecular flexibility index (Phi) is 8.10. The van der Waals surface area contributed by atoms with Crippen molar-refractivity contribution < 1.29 is 29.3 Å². The summed E-state index contributed by atoms with van der Waals surface area (Å²) in [5, 5.41) is 23.0. The first-order valence-corrected chi connectivity index (χ1v) is 7.86. The molecule has 142 valence electrons. The molecule has 1 aromatic carbocycles. The number of allylic oxidation sites excluding steroid dienone is 1. The quantitative estimate of drug-likeness (QED) is 0.227. The highest BCUT2D eigenvalue weighted by Crippen LogP contribution is 2.09. The van der Waals surface area contributed by atoms with Gasteiger partial charge in [0.15, 0.2) is 5.70 Å². The molecule has 0 bridgehead atoms. The van der Waals surface area contributed by atoms with Gasteiger partial charge in [-0.3, -0.25) is 9.59 Å². The van der Waals surface area contributed by atoms with Crippen molar-refractivity contribution in [2.75, 3.05) is 0 Å². The lowest BCUT2D eigenvalue weighted by atomic mass is 10.2. The fourth-order valence-corrected chi connectivity index (χ4v) is 2.01. The number of carboxylic acids is 2. The predicted octanol–water partition coefficient (Wildman–Crippen LogP) is 0.373. The monoisotopic (exact) mass is 365 g/mol. The molecule has 26 heavy (non-hydrogen) atoms. The molecule has 0 saturated heterocycles. The van der Waals surface area contributed by atoms with Gasteiger partial charge in [0, 0.05) is 0 Å². The number of carboxylic acid groups (broad SMARTS) is 2. The smallest absolute Gasteiger partial charge is 0.355 e. The van der Waals surface area contributed by atoms with Crippen molar-refractivity contribution in [1.29, 1.82) is 0 Å². The Morgan fingerprint density at radius 1 is 1.15 bits per heavy atom. The van der Waals surface area contributed by atoms with E-state index in [9.17, 15) is 19.5 Å². The van der Waals surface area contributed by atoms with E-state index < -0.39 is 36.5 Å². The van der Waals surface area contributed by atoms with E-state index in [1.807, 2.05) is 30.3 Å². The van der Waals surface area contributed by atoms with Crippen molar-refractivity contribution >= 4 is 17.8 Å². The van der Waals surface area contributed by atoms with Gasteiger partial charge in [-0.25, -0.2) is 4.79 Å². The SMILES string of the molecule is CC(OCc1ccccc1)=C(NC(C)NC(=O)[C@@H](N)CC(=O)O)C(=O)O. The van der Waals surface area contributed by atoms with Gasteiger partial charge in [-0.15, -0.1) is 0 Å². The summed E-state index contributed by atoms with van der Waals surface area (Å²) in [7, 11) is 0. The zero-order valence-corrected chi connectivity index (χ0v) is 14.6. The van der Waals surface area contributed by atoms with E-state index in [0.29, 0.717) is 0 Å². The van der Waals surface area contributed by atoms with Gasteiger partial charge in [0.2, 0.25) is 5.91 Å². The summed E-state index contributed by atoms with van der Waals surface area (Å²) in [6.45, 7) is 3.18. The van der Waals surface area contributed by atoms with E-state index >= 15 is 0 Å². The highest BCUT2D eigenvalue weighted by atomic mass is 16.5. The number of hydrogen-bond donors (Lipinski definition) is 5. The van der Waals surface area contributed by atoms with Gasteiger partial charge in [-0.1, -0.05) is 30.3 Å². The van der Waals surface area contributed by atoms with E-state index in [-0.39, 0.29) is 18.1 Å². The number of carbonyl (C=O) groups is 3. The normalized spacial score (nSPS) is 13.8. The van der Waals surface area contributed by atoms with Crippen molar-refractivity contribution in [2.45, 2.75) is 39.1 Å². The van der Waals surface area contributed by atoms with Gasteiger partial charge in [0.1, 0.15) is 12.4 Å². The first kappa shape index (κ1) is 21.0. The van der Waals surface area contributed by atoms with Gasteiger partial charge in [-0.05, 0) is 19.4 Å². The molecule has 1 amide bonds. The van der Waals surface area contributed by atoms with Crippen molar-refractivity contribution in [3.8, 4) is 0 Å². The molecule has 2 atom stereocenters. The fraction of sp³-hybridized carbons (Fsp3) is 0.353. The lowest BCUT2D eigenvalue weighted by molar-refractivity contribution is -0.139. The summed E-state index contributed by atoms with van der Waals surface area (Å²) in [6.07, 6.45) is -1.33. The van der Waals surface area contributed by atoms with Gasteiger partial charge >= 0.3 is 11.9 Å². The molecule has 0 radical (unpaired) electrons. The molecule has 1 unspecified atom stereocenters. The zero-order chi connectivity index (χ0) is 19.7. The first-order valence-electron chi connectivity index (χ1n) is 7.86. The summed E-state index contributed by atoms with van der Waals surface area (Å²) in [5.74, 6) is -3.03. The van der Waals surface area contributed by atoms with Crippen molar-refractivity contribution in [2.24, 2.45) is 5.73 Å². The third-order valence-corrected chi connectivity index (χ3v) is 3.32. The van der Waals surface area contributed by atoms with Gasteiger partial charge in [0.05, 0.1) is 18.6 Å². The predicted molar refractivity (Wildman–Crippen MR) is 92.5 cm³/mol. The number of ether oxygens (including phenoxy) is 1. The lowest BCUT2D eigenvalue weighted by Crippen LogP contribution is -2.50. The molecular weight excluding hydrogens is 342 g/mol. The number of aliphatic carboxylic acids is 2. The Bertz CT molecular complexity index is 674. The molecule has 0 fully saturated rings. The molecule has 0 spiro atoms. The number of benzene rings is 1. The summed E-state index contributed by atoms with van der Waals surface area (Å²) in [5.41, 5.74) is 6.11. The number of amides is 1. The van der Waals surface area contributed by atoms with Crippen molar-refractivity contribution in [3.05, 3.63) is 47.4 Å². The average Bonchev–Trinajstić information content (AvgIpc) is 2.57. The van der Waals surface area contributed by atoms with E-state index in [0.717, 1.165) is 5.56 Å². The summed E-state index contributed by atoms with van der Waals surface area (Å²) < 4.78 is 5.48. The Morgan fingerprint density at radius 3 is 2.31 bits per heavy atom. The van der Waals surface area contributed by atoms with Crippen LogP contribution in [-0.2, 0) is 25.7 Å². The van der Waals surface area contributed by atoms with Crippen LogP contribution in [0.25, 0.3) is 0 Å². The lowest BCUT2D eigenvalue weighted by Gasteiger charge is -2.20.